The molecule has 0 N–H and O–H groups in total. The van der Waals surface area contributed by atoms with Crippen LogP contribution < -0.4 is 9.80 Å². The number of anilines is 2. The standard InChI is InChI=1S/C49H82N2/c1-11-13-15-17-19-21-23-25-27-35-46-47(36-28-26-24-22-20-18-16-14-12-2)51(49-44(40(7)8)33-30-34-45(49)41(9)10)37-50(46)48-42(38(3)4)31-29-32-43(48)39(5)6/h29-34,38-41H,11-28,35-37H2,1-10H3. The molecule has 0 radical (unpaired) electrons. The van der Waals surface area contributed by atoms with Gasteiger partial charge in [-0.05, 0) is 71.6 Å². The second-order valence-electron chi connectivity index (χ2n) is 17.2. The average Bonchev–Trinajstić information content (AvgIpc) is 3.46. The van der Waals surface area contributed by atoms with Gasteiger partial charge in [0.05, 0.1) is 6.67 Å². The Morgan fingerprint density at radius 1 is 0.392 bits per heavy atom. The lowest BCUT2D eigenvalue weighted by atomic mass is 9.91. The Balaban J connectivity index is 2.05. The summed E-state index contributed by atoms with van der Waals surface area (Å²) in [7, 11) is 0. The summed E-state index contributed by atoms with van der Waals surface area (Å²) in [5.41, 5.74) is 12.3. The quantitative estimate of drug-likeness (QED) is 0.0903. The van der Waals surface area contributed by atoms with E-state index in [2.05, 4.69) is 115 Å². The minimum Gasteiger partial charge on any atom is -0.324 e. The van der Waals surface area contributed by atoms with E-state index in [1.807, 2.05) is 0 Å². The second kappa shape index (κ2) is 23.4. The number of unbranched alkanes of at least 4 members (excludes halogenated alkanes) is 16. The van der Waals surface area contributed by atoms with Gasteiger partial charge in [0.2, 0.25) is 0 Å². The average molecular weight is 699 g/mol. The van der Waals surface area contributed by atoms with Crippen LogP contribution in [0.15, 0.2) is 47.8 Å². The summed E-state index contributed by atoms with van der Waals surface area (Å²) < 4.78 is 0. The Morgan fingerprint density at radius 3 is 0.902 bits per heavy atom. The zero-order valence-corrected chi connectivity index (χ0v) is 35.5. The Bertz CT molecular complexity index is 1130. The van der Waals surface area contributed by atoms with Gasteiger partial charge in [-0.1, -0.05) is 208 Å². The van der Waals surface area contributed by atoms with Gasteiger partial charge in [0.15, 0.2) is 0 Å². The normalized spacial score (nSPS) is 13.8. The largest absolute Gasteiger partial charge is 0.324 e. The molecule has 0 bridgehead atoms. The van der Waals surface area contributed by atoms with Crippen molar-refractivity contribution >= 4 is 11.4 Å². The molecule has 0 aromatic heterocycles. The van der Waals surface area contributed by atoms with Crippen LogP contribution in [0.1, 0.15) is 244 Å². The molecule has 2 nitrogen and oxygen atoms in total. The molecule has 0 spiro atoms. The summed E-state index contributed by atoms with van der Waals surface area (Å²) in [5, 5.41) is 0. The van der Waals surface area contributed by atoms with Crippen LogP contribution in [0.25, 0.3) is 0 Å². The molecule has 0 saturated carbocycles. The molecule has 0 unspecified atom stereocenters. The lowest BCUT2D eigenvalue weighted by molar-refractivity contribution is 0.560. The van der Waals surface area contributed by atoms with Crippen LogP contribution in [0.5, 0.6) is 0 Å². The van der Waals surface area contributed by atoms with Crippen molar-refractivity contribution in [2.24, 2.45) is 0 Å². The van der Waals surface area contributed by atoms with E-state index in [9.17, 15) is 0 Å². The fourth-order valence-electron chi connectivity index (χ4n) is 8.45. The number of rotatable bonds is 26. The van der Waals surface area contributed by atoms with Gasteiger partial charge in [-0.2, -0.15) is 0 Å². The van der Waals surface area contributed by atoms with Crippen LogP contribution in [0, 0.1) is 0 Å². The van der Waals surface area contributed by atoms with E-state index in [1.165, 1.54) is 162 Å². The molecule has 51 heavy (non-hydrogen) atoms. The van der Waals surface area contributed by atoms with E-state index in [4.69, 9.17) is 0 Å². The summed E-state index contributed by atoms with van der Waals surface area (Å²) in [6.45, 7) is 24.8. The van der Waals surface area contributed by atoms with Crippen LogP contribution in [0.3, 0.4) is 0 Å². The molecule has 3 rings (SSSR count). The number of para-hydroxylation sites is 2. The Kier molecular flexibility index (Phi) is 19.9. The van der Waals surface area contributed by atoms with E-state index in [0.717, 1.165) is 6.67 Å². The van der Waals surface area contributed by atoms with Crippen LogP contribution in [0.4, 0.5) is 11.4 Å². The molecular weight excluding hydrogens is 617 g/mol. The maximum atomic E-state index is 2.83. The van der Waals surface area contributed by atoms with Crippen LogP contribution in [-0.4, -0.2) is 6.67 Å². The van der Waals surface area contributed by atoms with E-state index >= 15 is 0 Å². The van der Waals surface area contributed by atoms with Crippen molar-refractivity contribution in [2.45, 2.75) is 221 Å². The molecule has 0 aliphatic carbocycles. The van der Waals surface area contributed by atoms with Gasteiger partial charge >= 0.3 is 0 Å². The van der Waals surface area contributed by atoms with Gasteiger partial charge in [0.1, 0.15) is 0 Å². The number of allylic oxidation sites excluding steroid dienone is 2. The molecule has 1 aliphatic heterocycles. The Morgan fingerprint density at radius 2 is 0.647 bits per heavy atom. The zero-order valence-electron chi connectivity index (χ0n) is 35.5. The predicted octanol–water partition coefficient (Wildman–Crippen LogP) is 16.5. The number of nitrogens with zero attached hydrogens (tertiary/aromatic N) is 2. The predicted molar refractivity (Wildman–Crippen MR) is 230 cm³/mol. The van der Waals surface area contributed by atoms with E-state index in [0.29, 0.717) is 23.7 Å². The van der Waals surface area contributed by atoms with Gasteiger partial charge in [-0.15, -0.1) is 0 Å². The fraction of sp³-hybridized carbons (Fsp3) is 0.714. The van der Waals surface area contributed by atoms with Crippen molar-refractivity contribution in [1.29, 1.82) is 0 Å². The smallest absolute Gasteiger partial charge is 0.0995 e. The molecule has 288 valence electrons. The van der Waals surface area contributed by atoms with Crippen LogP contribution >= 0.6 is 0 Å². The van der Waals surface area contributed by atoms with Crippen LogP contribution in [0.2, 0.25) is 0 Å². The van der Waals surface area contributed by atoms with Gasteiger partial charge in [0.25, 0.3) is 0 Å². The summed E-state index contributed by atoms with van der Waals surface area (Å²) >= 11 is 0. The molecule has 2 aromatic carbocycles. The zero-order chi connectivity index (χ0) is 37.2. The SMILES string of the molecule is CCCCCCCCCCCC1=C(CCCCCCCCCCC)N(c2c(C(C)C)cccc2C(C)C)CN1c1c(C(C)C)cccc1C(C)C. The van der Waals surface area contributed by atoms with Crippen molar-refractivity contribution in [3.8, 4) is 0 Å². The highest BCUT2D eigenvalue weighted by molar-refractivity contribution is 5.74. The van der Waals surface area contributed by atoms with Crippen LogP contribution in [-0.2, 0) is 0 Å². The third kappa shape index (κ3) is 13.0. The van der Waals surface area contributed by atoms with Gasteiger partial charge in [0, 0.05) is 22.8 Å². The molecule has 1 heterocycles. The maximum absolute atomic E-state index is 2.83. The third-order valence-corrected chi connectivity index (χ3v) is 11.5. The van der Waals surface area contributed by atoms with E-state index in [-0.39, 0.29) is 0 Å². The first-order valence-corrected chi connectivity index (χ1v) is 22.2. The minimum absolute atomic E-state index is 0.483. The van der Waals surface area contributed by atoms with Crippen molar-refractivity contribution in [3.63, 3.8) is 0 Å². The number of hydrogen-bond donors (Lipinski definition) is 0. The molecule has 2 heteroatoms. The van der Waals surface area contributed by atoms with Gasteiger partial charge < -0.3 is 9.80 Å². The third-order valence-electron chi connectivity index (χ3n) is 11.5. The monoisotopic (exact) mass is 699 g/mol. The van der Waals surface area contributed by atoms with Crippen molar-refractivity contribution in [2.75, 3.05) is 16.5 Å². The first-order valence-electron chi connectivity index (χ1n) is 22.2. The highest BCUT2D eigenvalue weighted by Gasteiger charge is 2.35. The molecule has 0 fully saturated rings. The highest BCUT2D eigenvalue weighted by atomic mass is 15.4. The number of benzene rings is 2. The Labute approximate surface area is 318 Å². The van der Waals surface area contributed by atoms with Crippen molar-refractivity contribution in [3.05, 3.63) is 70.0 Å². The highest BCUT2D eigenvalue weighted by Crippen LogP contribution is 2.47. The summed E-state index contributed by atoms with van der Waals surface area (Å²) in [5.74, 6) is 1.93. The fourth-order valence-corrected chi connectivity index (χ4v) is 8.45. The van der Waals surface area contributed by atoms with Crippen molar-refractivity contribution < 1.29 is 0 Å². The topological polar surface area (TPSA) is 6.48 Å². The lowest BCUT2D eigenvalue weighted by Gasteiger charge is -2.33. The van der Waals surface area contributed by atoms with E-state index in [1.54, 1.807) is 11.4 Å². The molecule has 0 atom stereocenters. The maximum Gasteiger partial charge on any atom is 0.0995 e. The molecule has 1 aliphatic rings. The lowest BCUT2D eigenvalue weighted by Crippen LogP contribution is -2.31. The first kappa shape index (κ1) is 43.2. The summed E-state index contributed by atoms with van der Waals surface area (Å²) in [6.07, 6.45) is 27.2. The molecule has 2 aromatic rings. The summed E-state index contributed by atoms with van der Waals surface area (Å²) in [6, 6.07) is 14.3. The molecule has 0 saturated heterocycles. The van der Waals surface area contributed by atoms with Gasteiger partial charge in [-0.3, -0.25) is 0 Å². The minimum atomic E-state index is 0.483. The number of hydrogen-bond acceptors (Lipinski definition) is 2. The molecular formula is C49H82N2. The van der Waals surface area contributed by atoms with E-state index < -0.39 is 0 Å². The summed E-state index contributed by atoms with van der Waals surface area (Å²) in [4.78, 5) is 5.67. The van der Waals surface area contributed by atoms with Gasteiger partial charge in [-0.25, -0.2) is 0 Å². The van der Waals surface area contributed by atoms with Crippen molar-refractivity contribution in [1.82, 2.24) is 0 Å². The second-order valence-corrected chi connectivity index (χ2v) is 17.2. The Hall–Kier alpha value is -2.22. The first-order chi connectivity index (χ1) is 24.6. The molecule has 0 amide bonds.